The lowest BCUT2D eigenvalue weighted by Gasteiger charge is -2.08. The Morgan fingerprint density at radius 2 is 2.09 bits per heavy atom. The Labute approximate surface area is 135 Å². The van der Waals surface area contributed by atoms with Crippen molar-refractivity contribution >= 4 is 28.5 Å². The van der Waals surface area contributed by atoms with Crippen molar-refractivity contribution < 1.29 is 19.2 Å². The van der Waals surface area contributed by atoms with Gasteiger partial charge in [-0.2, -0.15) is 5.10 Å². The molecule has 1 aromatic carbocycles. The molecule has 1 amide bonds. The molecule has 0 atom stereocenters. The lowest BCUT2D eigenvalue weighted by molar-refractivity contribution is -0.380. The fourth-order valence-corrected chi connectivity index (χ4v) is 2.28. The molecule has 120 valence electrons. The number of thiophene rings is 1. The number of amides is 1. The minimum atomic E-state index is -0.484. The molecule has 2 rings (SSSR count). The molecule has 1 heterocycles. The van der Waals surface area contributed by atoms with Crippen molar-refractivity contribution in [1.82, 2.24) is 5.43 Å². The zero-order chi connectivity index (χ0) is 16.7. The third kappa shape index (κ3) is 4.78. The fraction of sp³-hybridized carbons (Fsp3) is 0.143. The summed E-state index contributed by atoms with van der Waals surface area (Å²) in [6.07, 6.45) is 1.33. The van der Waals surface area contributed by atoms with Gasteiger partial charge in [0.05, 0.1) is 23.1 Å². The Hall–Kier alpha value is -2.94. The highest BCUT2D eigenvalue weighted by atomic mass is 32.1. The smallest absolute Gasteiger partial charge is 0.324 e. The first-order valence-corrected chi connectivity index (χ1v) is 7.23. The van der Waals surface area contributed by atoms with E-state index in [9.17, 15) is 14.9 Å². The number of nitrogens with zero attached hydrogens (tertiary/aromatic N) is 2. The molecule has 8 nitrogen and oxygen atoms in total. The molecule has 9 heteroatoms. The van der Waals surface area contributed by atoms with Crippen LogP contribution in [0.5, 0.6) is 11.5 Å². The molecule has 1 aromatic heterocycles. The number of benzene rings is 1. The van der Waals surface area contributed by atoms with Crippen LogP contribution >= 0.6 is 11.3 Å². The van der Waals surface area contributed by atoms with Crippen molar-refractivity contribution in [2.24, 2.45) is 5.10 Å². The van der Waals surface area contributed by atoms with Crippen molar-refractivity contribution in [2.45, 2.75) is 0 Å². The molecule has 0 saturated heterocycles. The number of nitrogens with one attached hydrogen (secondary N) is 1. The third-order valence-electron chi connectivity index (χ3n) is 2.60. The van der Waals surface area contributed by atoms with Crippen molar-refractivity contribution in [3.8, 4) is 11.5 Å². The molecule has 0 aliphatic carbocycles. The van der Waals surface area contributed by atoms with Gasteiger partial charge < -0.3 is 9.47 Å². The van der Waals surface area contributed by atoms with Crippen molar-refractivity contribution in [1.29, 1.82) is 0 Å². The summed E-state index contributed by atoms with van der Waals surface area (Å²) in [4.78, 5) is 22.2. The van der Waals surface area contributed by atoms with Crippen LogP contribution in [0.2, 0.25) is 0 Å². The Kier molecular flexibility index (Phi) is 5.64. The molecular weight excluding hydrogens is 322 g/mol. The molecule has 0 unspecified atom stereocenters. The van der Waals surface area contributed by atoms with Crippen LogP contribution in [0.25, 0.3) is 0 Å². The Morgan fingerprint density at radius 3 is 2.74 bits per heavy atom. The summed E-state index contributed by atoms with van der Waals surface area (Å²) >= 11 is 0.960. The molecule has 23 heavy (non-hydrogen) atoms. The minimum absolute atomic E-state index is 0.0114. The first kappa shape index (κ1) is 16.4. The van der Waals surface area contributed by atoms with E-state index in [0.29, 0.717) is 16.4 Å². The van der Waals surface area contributed by atoms with Crippen molar-refractivity contribution in [3.05, 3.63) is 51.4 Å². The molecular formula is C14H13N3O5S. The predicted molar refractivity (Wildman–Crippen MR) is 85.2 cm³/mol. The van der Waals surface area contributed by atoms with Crippen LogP contribution in [0.3, 0.4) is 0 Å². The Balaban J connectivity index is 1.82. The second-order valence-electron chi connectivity index (χ2n) is 4.17. The number of nitro groups is 1. The average Bonchev–Trinajstić information content (AvgIpc) is 3.02. The van der Waals surface area contributed by atoms with Crippen LogP contribution in [-0.2, 0) is 4.79 Å². The summed E-state index contributed by atoms with van der Waals surface area (Å²) in [5, 5.41) is 14.3. The van der Waals surface area contributed by atoms with Crippen LogP contribution in [0.1, 0.15) is 4.88 Å². The zero-order valence-corrected chi connectivity index (χ0v) is 12.9. The summed E-state index contributed by atoms with van der Waals surface area (Å²) in [5.41, 5.74) is 2.28. The molecule has 0 bridgehead atoms. The molecule has 0 radical (unpaired) electrons. The number of hydrogen-bond acceptors (Lipinski definition) is 7. The summed E-state index contributed by atoms with van der Waals surface area (Å²) in [5.74, 6) is 0.510. The topological polar surface area (TPSA) is 103 Å². The second kappa shape index (κ2) is 7.90. The van der Waals surface area contributed by atoms with Gasteiger partial charge in [-0.05, 0) is 18.2 Å². The molecule has 0 saturated carbocycles. The minimum Gasteiger partial charge on any atom is -0.493 e. The number of carbonyl (C=O) groups is 1. The van der Waals surface area contributed by atoms with E-state index in [-0.39, 0.29) is 11.6 Å². The normalized spacial score (nSPS) is 10.5. The van der Waals surface area contributed by atoms with Crippen molar-refractivity contribution in [2.75, 3.05) is 13.7 Å². The number of hydrogen-bond donors (Lipinski definition) is 1. The lowest BCUT2D eigenvalue weighted by atomic mass is 10.3. The number of para-hydroxylation sites is 2. The maximum Gasteiger partial charge on any atom is 0.324 e. The SMILES string of the molecule is COc1ccccc1OCC(=O)N/N=C/c1ccc([N+](=O)[O-])s1. The van der Waals surface area contributed by atoms with E-state index in [4.69, 9.17) is 9.47 Å². The quantitative estimate of drug-likeness (QED) is 0.474. The fourth-order valence-electron chi connectivity index (χ4n) is 1.59. The number of carbonyl (C=O) groups excluding carboxylic acids is 1. The molecule has 0 spiro atoms. The van der Waals surface area contributed by atoms with Crippen LogP contribution in [0, 0.1) is 10.1 Å². The summed E-state index contributed by atoms with van der Waals surface area (Å²) in [7, 11) is 1.51. The van der Waals surface area contributed by atoms with Crippen LogP contribution in [-0.4, -0.2) is 30.8 Å². The van der Waals surface area contributed by atoms with E-state index in [0.717, 1.165) is 11.3 Å². The van der Waals surface area contributed by atoms with E-state index in [2.05, 4.69) is 10.5 Å². The van der Waals surface area contributed by atoms with E-state index >= 15 is 0 Å². The highest BCUT2D eigenvalue weighted by molar-refractivity contribution is 7.16. The van der Waals surface area contributed by atoms with Gasteiger partial charge in [-0.3, -0.25) is 14.9 Å². The van der Waals surface area contributed by atoms with E-state index in [1.54, 1.807) is 30.3 Å². The van der Waals surface area contributed by atoms with Crippen LogP contribution < -0.4 is 14.9 Å². The largest absolute Gasteiger partial charge is 0.493 e. The van der Waals surface area contributed by atoms with Gasteiger partial charge >= 0.3 is 5.00 Å². The summed E-state index contributed by atoms with van der Waals surface area (Å²) < 4.78 is 10.4. The second-order valence-corrected chi connectivity index (χ2v) is 5.26. The van der Waals surface area contributed by atoms with Gasteiger partial charge in [0.1, 0.15) is 0 Å². The number of rotatable bonds is 7. The van der Waals surface area contributed by atoms with Crippen LogP contribution in [0.4, 0.5) is 5.00 Å². The maximum absolute atomic E-state index is 11.6. The highest BCUT2D eigenvalue weighted by Crippen LogP contribution is 2.25. The van der Waals surface area contributed by atoms with E-state index in [1.165, 1.54) is 19.4 Å². The molecule has 0 fully saturated rings. The number of hydrazone groups is 1. The van der Waals surface area contributed by atoms with Gasteiger partial charge in [-0.15, -0.1) is 0 Å². The molecule has 0 aliphatic heterocycles. The number of ether oxygens (including phenoxy) is 2. The van der Waals surface area contributed by atoms with Gasteiger partial charge in [-0.25, -0.2) is 5.43 Å². The predicted octanol–water partition coefficient (Wildman–Crippen LogP) is 2.19. The number of methoxy groups -OCH3 is 1. The van der Waals surface area contributed by atoms with Gasteiger partial charge in [0.15, 0.2) is 18.1 Å². The third-order valence-corrected chi connectivity index (χ3v) is 3.57. The highest BCUT2D eigenvalue weighted by Gasteiger charge is 2.08. The van der Waals surface area contributed by atoms with Gasteiger partial charge in [0.25, 0.3) is 5.91 Å². The molecule has 1 N–H and O–H groups in total. The summed E-state index contributed by atoms with van der Waals surface area (Å²) in [6.45, 7) is -0.234. The van der Waals surface area contributed by atoms with Gasteiger partial charge in [0, 0.05) is 6.07 Å². The molecule has 2 aromatic rings. The maximum atomic E-state index is 11.6. The molecule has 0 aliphatic rings. The van der Waals surface area contributed by atoms with Gasteiger partial charge in [0.2, 0.25) is 0 Å². The van der Waals surface area contributed by atoms with Gasteiger partial charge in [-0.1, -0.05) is 23.5 Å². The Bertz CT molecular complexity index is 729. The summed E-state index contributed by atoms with van der Waals surface area (Å²) in [6, 6.07) is 9.87. The van der Waals surface area contributed by atoms with Crippen LogP contribution in [0.15, 0.2) is 41.5 Å². The first-order valence-electron chi connectivity index (χ1n) is 6.42. The lowest BCUT2D eigenvalue weighted by Crippen LogP contribution is -2.24. The first-order chi connectivity index (χ1) is 11.1. The standard InChI is InChI=1S/C14H13N3O5S/c1-21-11-4-2-3-5-12(11)22-9-13(18)16-15-8-10-6-7-14(23-10)17(19)20/h2-8H,9H2,1H3,(H,16,18)/b15-8+. The average molecular weight is 335 g/mol. The van der Waals surface area contributed by atoms with Crippen molar-refractivity contribution in [3.63, 3.8) is 0 Å². The van der Waals surface area contributed by atoms with E-state index in [1.807, 2.05) is 0 Å². The monoisotopic (exact) mass is 335 g/mol. The van der Waals surface area contributed by atoms with E-state index < -0.39 is 10.8 Å². The zero-order valence-electron chi connectivity index (χ0n) is 12.1. The Morgan fingerprint density at radius 1 is 1.35 bits per heavy atom.